The molecule has 1 aromatic carbocycles. The second-order valence-electron chi connectivity index (χ2n) is 9.47. The fourth-order valence-corrected chi connectivity index (χ4v) is 5.61. The predicted octanol–water partition coefficient (Wildman–Crippen LogP) is 3.73. The molecule has 0 N–H and O–H groups in total. The van der Waals surface area contributed by atoms with Crippen LogP contribution in [0.2, 0.25) is 0 Å². The van der Waals surface area contributed by atoms with Gasteiger partial charge in [-0.3, -0.25) is 19.6 Å². The van der Waals surface area contributed by atoms with Crippen LogP contribution in [0.3, 0.4) is 0 Å². The highest BCUT2D eigenvalue weighted by atomic mass is 16.5. The van der Waals surface area contributed by atoms with Crippen LogP contribution < -0.4 is 4.90 Å². The molecular formula is C27H29N3O4. The number of hydrogen-bond donors (Lipinski definition) is 0. The lowest BCUT2D eigenvalue weighted by Crippen LogP contribution is -2.52. The van der Waals surface area contributed by atoms with Gasteiger partial charge in [0.25, 0.3) is 5.91 Å². The number of anilines is 1. The van der Waals surface area contributed by atoms with Crippen LogP contribution in [0.25, 0.3) is 0 Å². The summed E-state index contributed by atoms with van der Waals surface area (Å²) < 4.78 is 5.06. The number of carbonyl (C=O) groups is 3. The van der Waals surface area contributed by atoms with Crippen LogP contribution in [0.15, 0.2) is 47.7 Å². The van der Waals surface area contributed by atoms with Gasteiger partial charge >= 0.3 is 5.97 Å². The molecule has 34 heavy (non-hydrogen) atoms. The first-order valence-electron chi connectivity index (χ1n) is 12.0. The fraction of sp³-hybridized carbons (Fsp3) is 0.444. The SMILES string of the molecule is COC(=O)C(Cc1ccc2c(c1)CCN2C(=O)c1ccncc1)N=C1CC(=O)C12CCCCC2. The minimum Gasteiger partial charge on any atom is -0.467 e. The van der Waals surface area contributed by atoms with E-state index in [1.807, 2.05) is 12.1 Å². The van der Waals surface area contributed by atoms with E-state index in [0.29, 0.717) is 24.9 Å². The summed E-state index contributed by atoms with van der Waals surface area (Å²) in [5, 5.41) is 0. The van der Waals surface area contributed by atoms with Gasteiger partial charge in [-0.2, -0.15) is 0 Å². The van der Waals surface area contributed by atoms with Gasteiger partial charge < -0.3 is 9.64 Å². The molecule has 7 nitrogen and oxygen atoms in total. The van der Waals surface area contributed by atoms with Crippen molar-refractivity contribution in [2.24, 2.45) is 10.4 Å². The topological polar surface area (TPSA) is 88.9 Å². The molecule has 0 bridgehead atoms. The molecule has 1 atom stereocenters. The average molecular weight is 460 g/mol. The number of methoxy groups -OCH3 is 1. The van der Waals surface area contributed by atoms with Crippen molar-refractivity contribution in [1.82, 2.24) is 4.98 Å². The van der Waals surface area contributed by atoms with Gasteiger partial charge in [-0.1, -0.05) is 31.4 Å². The molecule has 1 aliphatic heterocycles. The van der Waals surface area contributed by atoms with Crippen molar-refractivity contribution in [2.45, 2.75) is 57.4 Å². The second-order valence-corrected chi connectivity index (χ2v) is 9.47. The van der Waals surface area contributed by atoms with E-state index in [2.05, 4.69) is 11.1 Å². The number of hydrogen-bond acceptors (Lipinski definition) is 6. The Balaban J connectivity index is 1.36. The van der Waals surface area contributed by atoms with Gasteiger partial charge in [-0.05, 0) is 48.6 Å². The minimum absolute atomic E-state index is 0.0415. The Bertz CT molecular complexity index is 1150. The Morgan fingerprint density at radius 1 is 1.15 bits per heavy atom. The average Bonchev–Trinajstić information content (AvgIpc) is 3.31. The molecule has 2 aliphatic carbocycles. The highest BCUT2D eigenvalue weighted by Gasteiger charge is 2.52. The number of rotatable bonds is 5. The lowest BCUT2D eigenvalue weighted by atomic mass is 9.58. The Morgan fingerprint density at radius 3 is 2.62 bits per heavy atom. The van der Waals surface area contributed by atoms with Gasteiger partial charge in [-0.25, -0.2) is 4.79 Å². The number of Topliss-reactive ketones (excluding diaryl/α,β-unsaturated/α-hetero) is 1. The molecule has 2 saturated carbocycles. The summed E-state index contributed by atoms with van der Waals surface area (Å²) in [4.78, 5) is 48.6. The standard InChI is InChI=1S/C27H29N3O4/c1-34-26(33)21(29-23-17-24(31)27(23)10-3-2-4-11-27)16-18-5-6-22-20(15-18)9-14-30(22)25(32)19-7-12-28-13-8-19/h5-8,12-13,15,21H,2-4,9-11,14,16-17H2,1H3. The van der Waals surface area contributed by atoms with Crippen molar-refractivity contribution in [1.29, 1.82) is 0 Å². The zero-order valence-electron chi connectivity index (χ0n) is 19.5. The molecule has 1 amide bonds. The minimum atomic E-state index is -0.666. The van der Waals surface area contributed by atoms with Crippen molar-refractivity contribution in [3.63, 3.8) is 0 Å². The Morgan fingerprint density at radius 2 is 1.91 bits per heavy atom. The number of aromatic nitrogens is 1. The molecule has 2 aromatic rings. The molecule has 3 aliphatic rings. The first-order valence-corrected chi connectivity index (χ1v) is 12.0. The number of ether oxygens (including phenoxy) is 1. The van der Waals surface area contributed by atoms with Crippen LogP contribution in [-0.2, 0) is 27.2 Å². The Labute approximate surface area is 199 Å². The van der Waals surface area contributed by atoms with E-state index in [1.54, 1.807) is 29.4 Å². The number of carbonyl (C=O) groups excluding carboxylic acids is 3. The predicted molar refractivity (Wildman–Crippen MR) is 128 cm³/mol. The van der Waals surface area contributed by atoms with E-state index in [4.69, 9.17) is 9.73 Å². The van der Waals surface area contributed by atoms with Gasteiger partial charge in [-0.15, -0.1) is 0 Å². The van der Waals surface area contributed by atoms with Crippen LogP contribution in [0.1, 0.15) is 60.0 Å². The fourth-order valence-electron chi connectivity index (χ4n) is 5.61. The molecule has 7 heteroatoms. The van der Waals surface area contributed by atoms with E-state index in [1.165, 1.54) is 7.11 Å². The number of fused-ring (bicyclic) bond motifs is 1. The number of pyridine rings is 1. The molecule has 2 fully saturated rings. The number of amides is 1. The maximum Gasteiger partial charge on any atom is 0.330 e. The summed E-state index contributed by atoms with van der Waals surface area (Å²) in [5.74, 6) is -0.154. The summed E-state index contributed by atoms with van der Waals surface area (Å²) in [7, 11) is 1.38. The Hall–Kier alpha value is -3.35. The molecular weight excluding hydrogens is 430 g/mol. The summed E-state index contributed by atoms with van der Waals surface area (Å²) in [6.07, 6.45) is 9.67. The van der Waals surface area contributed by atoms with E-state index < -0.39 is 11.5 Å². The van der Waals surface area contributed by atoms with Gasteiger partial charge in [0, 0.05) is 48.7 Å². The third-order valence-electron chi connectivity index (χ3n) is 7.55. The van der Waals surface area contributed by atoms with Crippen molar-refractivity contribution in [3.05, 3.63) is 59.4 Å². The number of nitrogens with zero attached hydrogens (tertiary/aromatic N) is 3. The number of ketones is 1. The monoisotopic (exact) mass is 459 g/mol. The maximum absolute atomic E-state index is 12.9. The summed E-state index contributed by atoms with van der Waals surface area (Å²) in [5.41, 5.74) is 4.01. The molecule has 1 aromatic heterocycles. The lowest BCUT2D eigenvalue weighted by molar-refractivity contribution is -0.142. The zero-order chi connectivity index (χ0) is 23.7. The largest absolute Gasteiger partial charge is 0.467 e. The lowest BCUT2D eigenvalue weighted by Gasteiger charge is -2.44. The Kier molecular flexibility index (Phi) is 6.02. The first kappa shape index (κ1) is 22.4. The van der Waals surface area contributed by atoms with E-state index >= 15 is 0 Å². The van der Waals surface area contributed by atoms with Crippen LogP contribution in [-0.4, -0.2) is 48.1 Å². The molecule has 5 rings (SSSR count). The van der Waals surface area contributed by atoms with Crippen LogP contribution >= 0.6 is 0 Å². The van der Waals surface area contributed by atoms with Crippen LogP contribution in [0, 0.1) is 5.41 Å². The highest BCUT2D eigenvalue weighted by molar-refractivity contribution is 6.27. The third-order valence-corrected chi connectivity index (χ3v) is 7.55. The van der Waals surface area contributed by atoms with Gasteiger partial charge in [0.2, 0.25) is 0 Å². The van der Waals surface area contributed by atoms with Crippen molar-refractivity contribution >= 4 is 29.1 Å². The molecule has 2 heterocycles. The van der Waals surface area contributed by atoms with Gasteiger partial charge in [0.1, 0.15) is 5.78 Å². The van der Waals surface area contributed by atoms with E-state index in [9.17, 15) is 14.4 Å². The first-order chi connectivity index (χ1) is 16.5. The van der Waals surface area contributed by atoms with Gasteiger partial charge in [0.05, 0.1) is 12.5 Å². The normalized spacial score (nSPS) is 20.7. The summed E-state index contributed by atoms with van der Waals surface area (Å²) in [6, 6.07) is 8.75. The van der Waals surface area contributed by atoms with Crippen LogP contribution in [0.5, 0.6) is 0 Å². The third kappa shape index (κ3) is 3.93. The van der Waals surface area contributed by atoms with Gasteiger partial charge in [0.15, 0.2) is 6.04 Å². The van der Waals surface area contributed by atoms with E-state index in [-0.39, 0.29) is 17.7 Å². The number of aliphatic imine (C=N–C) groups is 1. The smallest absolute Gasteiger partial charge is 0.330 e. The van der Waals surface area contributed by atoms with Crippen molar-refractivity contribution in [3.8, 4) is 0 Å². The molecule has 1 unspecified atom stereocenters. The zero-order valence-corrected chi connectivity index (χ0v) is 19.5. The maximum atomic E-state index is 12.9. The van der Waals surface area contributed by atoms with Crippen LogP contribution in [0.4, 0.5) is 5.69 Å². The molecule has 0 radical (unpaired) electrons. The number of esters is 1. The highest BCUT2D eigenvalue weighted by Crippen LogP contribution is 2.47. The van der Waals surface area contributed by atoms with Crippen molar-refractivity contribution < 1.29 is 19.1 Å². The molecule has 0 saturated heterocycles. The quantitative estimate of drug-likeness (QED) is 0.636. The molecule has 1 spiro atoms. The summed E-state index contributed by atoms with van der Waals surface area (Å²) >= 11 is 0. The summed E-state index contributed by atoms with van der Waals surface area (Å²) in [6.45, 7) is 0.618. The van der Waals surface area contributed by atoms with Crippen molar-refractivity contribution in [2.75, 3.05) is 18.6 Å². The second kappa shape index (κ2) is 9.12. The van der Waals surface area contributed by atoms with E-state index in [0.717, 1.165) is 61.1 Å². The number of benzene rings is 1. The molecule has 176 valence electrons.